The SMILES string of the molecule is CCCNC(=O)C1CCCN(C(=O)c2ccc(Cl)c(S(=O)(=O)NCc3ccccc3)c2)C1. The Hall–Kier alpha value is -2.42. The molecule has 0 spiro atoms. The number of nitrogens with one attached hydrogen (secondary N) is 2. The molecule has 32 heavy (non-hydrogen) atoms. The lowest BCUT2D eigenvalue weighted by Crippen LogP contribution is -2.45. The highest BCUT2D eigenvalue weighted by atomic mass is 35.5. The van der Waals surface area contributed by atoms with Gasteiger partial charge in [-0.3, -0.25) is 9.59 Å². The summed E-state index contributed by atoms with van der Waals surface area (Å²) >= 11 is 6.17. The monoisotopic (exact) mass is 477 g/mol. The first-order chi connectivity index (χ1) is 15.3. The molecule has 0 bridgehead atoms. The van der Waals surface area contributed by atoms with Crippen LogP contribution in [0.2, 0.25) is 5.02 Å². The molecule has 0 aromatic heterocycles. The molecule has 1 aliphatic rings. The Morgan fingerprint density at radius 1 is 1.16 bits per heavy atom. The molecule has 1 atom stereocenters. The van der Waals surface area contributed by atoms with E-state index in [4.69, 9.17) is 11.6 Å². The number of sulfonamides is 1. The van der Waals surface area contributed by atoms with Crippen LogP contribution in [0.4, 0.5) is 0 Å². The number of likely N-dealkylation sites (tertiary alicyclic amines) is 1. The molecule has 1 fully saturated rings. The number of rotatable bonds is 8. The highest BCUT2D eigenvalue weighted by Crippen LogP contribution is 2.25. The summed E-state index contributed by atoms with van der Waals surface area (Å²) in [5.74, 6) is -0.620. The summed E-state index contributed by atoms with van der Waals surface area (Å²) in [5.41, 5.74) is 1.03. The summed E-state index contributed by atoms with van der Waals surface area (Å²) in [6, 6.07) is 13.4. The molecule has 9 heteroatoms. The van der Waals surface area contributed by atoms with Crippen molar-refractivity contribution in [2.45, 2.75) is 37.6 Å². The van der Waals surface area contributed by atoms with Crippen LogP contribution in [0.1, 0.15) is 42.1 Å². The number of benzene rings is 2. The summed E-state index contributed by atoms with van der Waals surface area (Å²) in [6.45, 7) is 3.53. The van der Waals surface area contributed by atoms with Crippen LogP contribution in [-0.2, 0) is 21.4 Å². The molecule has 2 aromatic carbocycles. The Bertz CT molecular complexity index is 1060. The van der Waals surface area contributed by atoms with Gasteiger partial charge in [0.2, 0.25) is 15.9 Å². The molecule has 0 radical (unpaired) electrons. The zero-order chi connectivity index (χ0) is 23.1. The number of carbonyl (C=O) groups excluding carboxylic acids is 2. The van der Waals surface area contributed by atoms with Gasteiger partial charge in [-0.2, -0.15) is 0 Å². The van der Waals surface area contributed by atoms with Gasteiger partial charge in [-0.15, -0.1) is 0 Å². The van der Waals surface area contributed by atoms with Crippen molar-refractivity contribution in [3.8, 4) is 0 Å². The Labute approximate surface area is 194 Å². The average molecular weight is 478 g/mol. The van der Waals surface area contributed by atoms with E-state index in [-0.39, 0.29) is 39.8 Å². The second kappa shape index (κ2) is 10.9. The first-order valence-electron chi connectivity index (χ1n) is 10.7. The van der Waals surface area contributed by atoms with Gasteiger partial charge in [-0.1, -0.05) is 48.9 Å². The molecule has 2 aromatic rings. The van der Waals surface area contributed by atoms with Crippen LogP contribution in [0.3, 0.4) is 0 Å². The number of hydrogen-bond acceptors (Lipinski definition) is 4. The van der Waals surface area contributed by atoms with E-state index >= 15 is 0 Å². The second-order valence-corrected chi connectivity index (χ2v) is 9.98. The number of carbonyl (C=O) groups is 2. The number of nitrogens with zero attached hydrogens (tertiary/aromatic N) is 1. The lowest BCUT2D eigenvalue weighted by Gasteiger charge is -2.32. The van der Waals surface area contributed by atoms with Crippen molar-refractivity contribution in [2.24, 2.45) is 5.92 Å². The minimum absolute atomic E-state index is 0.0394. The first kappa shape index (κ1) is 24.2. The molecule has 7 nitrogen and oxygen atoms in total. The van der Waals surface area contributed by atoms with E-state index < -0.39 is 10.0 Å². The Morgan fingerprint density at radius 2 is 1.91 bits per heavy atom. The normalized spacial score (nSPS) is 16.6. The van der Waals surface area contributed by atoms with Crippen molar-refractivity contribution in [1.82, 2.24) is 14.9 Å². The minimum atomic E-state index is -3.93. The van der Waals surface area contributed by atoms with Crippen LogP contribution >= 0.6 is 11.6 Å². The largest absolute Gasteiger partial charge is 0.356 e. The molecule has 2 N–H and O–H groups in total. The number of hydrogen-bond donors (Lipinski definition) is 2. The van der Waals surface area contributed by atoms with Crippen LogP contribution in [0, 0.1) is 5.92 Å². The number of halogens is 1. The van der Waals surface area contributed by atoms with Gasteiger partial charge in [0.1, 0.15) is 4.90 Å². The molecular formula is C23H28ClN3O4S. The molecule has 3 rings (SSSR count). The predicted octanol–water partition coefficient (Wildman–Crippen LogP) is 3.20. The van der Waals surface area contributed by atoms with Gasteiger partial charge in [0.25, 0.3) is 5.91 Å². The zero-order valence-electron chi connectivity index (χ0n) is 18.0. The maximum atomic E-state index is 13.1. The van der Waals surface area contributed by atoms with Crippen LogP contribution < -0.4 is 10.0 Å². The predicted molar refractivity (Wildman–Crippen MR) is 124 cm³/mol. The van der Waals surface area contributed by atoms with E-state index in [1.807, 2.05) is 37.3 Å². The fourth-order valence-corrected chi connectivity index (χ4v) is 5.19. The molecule has 1 heterocycles. The van der Waals surface area contributed by atoms with Gasteiger partial charge in [-0.25, -0.2) is 13.1 Å². The van der Waals surface area contributed by atoms with E-state index in [2.05, 4.69) is 10.0 Å². The van der Waals surface area contributed by atoms with Crippen molar-refractivity contribution >= 4 is 33.4 Å². The van der Waals surface area contributed by atoms with E-state index in [1.165, 1.54) is 18.2 Å². The molecule has 172 valence electrons. The Balaban J connectivity index is 1.74. The Kier molecular flexibility index (Phi) is 8.28. The smallest absolute Gasteiger partial charge is 0.253 e. The van der Waals surface area contributed by atoms with E-state index in [9.17, 15) is 18.0 Å². The van der Waals surface area contributed by atoms with Gasteiger partial charge in [-0.05, 0) is 43.0 Å². The third-order valence-corrected chi connectivity index (χ3v) is 7.29. The standard InChI is InChI=1S/C23H28ClN3O4S/c1-2-12-25-22(28)19-9-6-13-27(16-19)23(29)18-10-11-20(24)21(14-18)32(30,31)26-15-17-7-4-3-5-8-17/h3-5,7-8,10-11,14,19,26H,2,6,9,12-13,15-16H2,1H3,(H,25,28). The molecule has 0 saturated carbocycles. The minimum Gasteiger partial charge on any atom is -0.356 e. The van der Waals surface area contributed by atoms with Gasteiger partial charge in [0, 0.05) is 31.7 Å². The second-order valence-electron chi connectivity index (χ2n) is 7.84. The van der Waals surface area contributed by atoms with Crippen LogP contribution in [0.25, 0.3) is 0 Å². The van der Waals surface area contributed by atoms with Crippen LogP contribution in [-0.4, -0.2) is 44.8 Å². The Morgan fingerprint density at radius 3 is 2.62 bits per heavy atom. The summed E-state index contributed by atoms with van der Waals surface area (Å²) in [6.07, 6.45) is 2.29. The zero-order valence-corrected chi connectivity index (χ0v) is 19.6. The maximum Gasteiger partial charge on any atom is 0.253 e. The van der Waals surface area contributed by atoms with Gasteiger partial charge < -0.3 is 10.2 Å². The van der Waals surface area contributed by atoms with Crippen molar-refractivity contribution in [3.63, 3.8) is 0 Å². The lowest BCUT2D eigenvalue weighted by molar-refractivity contribution is -0.126. The molecule has 1 aliphatic heterocycles. The average Bonchev–Trinajstić information content (AvgIpc) is 2.81. The summed E-state index contributed by atoms with van der Waals surface area (Å²) in [4.78, 5) is 26.9. The van der Waals surface area contributed by atoms with Crippen molar-refractivity contribution in [3.05, 3.63) is 64.7 Å². The van der Waals surface area contributed by atoms with Gasteiger partial charge >= 0.3 is 0 Å². The third kappa shape index (κ3) is 6.09. The highest BCUT2D eigenvalue weighted by Gasteiger charge is 2.29. The van der Waals surface area contributed by atoms with E-state index in [0.29, 0.717) is 26.1 Å². The van der Waals surface area contributed by atoms with Gasteiger partial charge in [0.05, 0.1) is 10.9 Å². The first-order valence-corrected chi connectivity index (χ1v) is 12.6. The van der Waals surface area contributed by atoms with Crippen molar-refractivity contribution in [1.29, 1.82) is 0 Å². The molecule has 1 unspecified atom stereocenters. The highest BCUT2D eigenvalue weighted by molar-refractivity contribution is 7.89. The van der Waals surface area contributed by atoms with Crippen LogP contribution in [0.5, 0.6) is 0 Å². The lowest BCUT2D eigenvalue weighted by atomic mass is 9.96. The van der Waals surface area contributed by atoms with E-state index in [0.717, 1.165) is 18.4 Å². The summed E-state index contributed by atoms with van der Waals surface area (Å²) in [5, 5.41) is 2.92. The van der Waals surface area contributed by atoms with Crippen molar-refractivity contribution < 1.29 is 18.0 Å². The number of piperidine rings is 1. The fraction of sp³-hybridized carbons (Fsp3) is 0.391. The molecule has 2 amide bonds. The fourth-order valence-electron chi connectivity index (χ4n) is 3.65. The quantitative estimate of drug-likeness (QED) is 0.610. The maximum absolute atomic E-state index is 13.1. The summed E-state index contributed by atoms with van der Waals surface area (Å²) < 4.78 is 28.2. The summed E-state index contributed by atoms with van der Waals surface area (Å²) in [7, 11) is -3.93. The molecule has 0 aliphatic carbocycles. The molecule has 1 saturated heterocycles. The van der Waals surface area contributed by atoms with Gasteiger partial charge in [0.15, 0.2) is 0 Å². The topological polar surface area (TPSA) is 95.6 Å². The molecular weight excluding hydrogens is 450 g/mol. The number of amides is 2. The van der Waals surface area contributed by atoms with Crippen molar-refractivity contribution in [2.75, 3.05) is 19.6 Å². The van der Waals surface area contributed by atoms with Crippen LogP contribution in [0.15, 0.2) is 53.4 Å². The third-order valence-electron chi connectivity index (χ3n) is 5.41. The van der Waals surface area contributed by atoms with E-state index in [1.54, 1.807) is 4.90 Å².